The van der Waals surface area contributed by atoms with E-state index in [1.54, 1.807) is 20.1 Å². The van der Waals surface area contributed by atoms with Gasteiger partial charge in [0.05, 0.1) is 13.0 Å². The van der Waals surface area contributed by atoms with Gasteiger partial charge in [-0.1, -0.05) is 12.1 Å². The van der Waals surface area contributed by atoms with Crippen molar-refractivity contribution in [2.24, 2.45) is 0 Å². The molecule has 0 radical (unpaired) electrons. The van der Waals surface area contributed by atoms with Gasteiger partial charge >= 0.3 is 5.97 Å². The summed E-state index contributed by atoms with van der Waals surface area (Å²) in [6, 6.07) is 7.44. The molecule has 0 unspecified atom stereocenters. The Balaban J connectivity index is 2.59. The molecule has 0 aliphatic rings. The molecule has 4 nitrogen and oxygen atoms in total. The molecule has 0 amide bonds. The van der Waals surface area contributed by atoms with Gasteiger partial charge in [-0.15, -0.1) is 0 Å². The minimum atomic E-state index is -0.861. The first-order valence-corrected chi connectivity index (χ1v) is 5.08. The van der Waals surface area contributed by atoms with Crippen LogP contribution in [-0.2, 0) is 16.1 Å². The molecule has 1 rings (SSSR count). The van der Waals surface area contributed by atoms with Crippen LogP contribution in [0.25, 0.3) is 0 Å². The zero-order chi connectivity index (χ0) is 12.0. The second-order valence-corrected chi connectivity index (χ2v) is 3.61. The Bertz CT molecular complexity index is 349. The Labute approximate surface area is 94.8 Å². The van der Waals surface area contributed by atoms with Crippen molar-refractivity contribution >= 4 is 5.97 Å². The van der Waals surface area contributed by atoms with Crippen molar-refractivity contribution in [2.75, 3.05) is 7.11 Å². The highest BCUT2D eigenvalue weighted by Gasteiger charge is 2.09. The monoisotopic (exact) mass is 224 g/mol. The van der Waals surface area contributed by atoms with Crippen molar-refractivity contribution in [3.63, 3.8) is 0 Å². The molecule has 0 bridgehead atoms. The molecule has 0 fully saturated rings. The maximum absolute atomic E-state index is 10.5. The van der Waals surface area contributed by atoms with Crippen molar-refractivity contribution < 1.29 is 19.4 Å². The average Bonchev–Trinajstić information content (AvgIpc) is 2.17. The summed E-state index contributed by atoms with van der Waals surface area (Å²) >= 11 is 0. The number of hydrogen-bond acceptors (Lipinski definition) is 3. The maximum Gasteiger partial charge on any atom is 0.307 e. The molecular weight excluding hydrogens is 208 g/mol. The van der Waals surface area contributed by atoms with Crippen LogP contribution in [-0.4, -0.2) is 24.3 Å². The van der Waals surface area contributed by atoms with E-state index in [4.69, 9.17) is 14.6 Å². The Morgan fingerprint density at radius 1 is 1.50 bits per heavy atom. The zero-order valence-electron chi connectivity index (χ0n) is 9.47. The number of rotatable bonds is 6. The van der Waals surface area contributed by atoms with E-state index in [0.717, 1.165) is 5.56 Å². The maximum atomic E-state index is 10.5. The molecule has 0 heterocycles. The largest absolute Gasteiger partial charge is 0.490 e. The van der Waals surface area contributed by atoms with Gasteiger partial charge < -0.3 is 14.6 Å². The Hall–Kier alpha value is -1.55. The van der Waals surface area contributed by atoms with Crippen LogP contribution in [0.4, 0.5) is 0 Å². The van der Waals surface area contributed by atoms with E-state index in [2.05, 4.69) is 0 Å². The van der Waals surface area contributed by atoms with Crippen molar-refractivity contribution in [1.82, 2.24) is 0 Å². The number of methoxy groups -OCH3 is 1. The second-order valence-electron chi connectivity index (χ2n) is 3.61. The van der Waals surface area contributed by atoms with Crippen LogP contribution >= 0.6 is 0 Å². The molecule has 0 aromatic heterocycles. The molecule has 1 N–H and O–H groups in total. The standard InChI is InChI=1S/C12H16O4/c1-9(6-12(13)14)16-11-5-3-4-10(7-11)8-15-2/h3-5,7,9H,6,8H2,1-2H3,(H,13,14)/t9-/m1/s1. The number of carboxylic acid groups (broad SMARTS) is 1. The van der Waals surface area contributed by atoms with Gasteiger partial charge in [-0.3, -0.25) is 4.79 Å². The lowest BCUT2D eigenvalue weighted by atomic mass is 10.2. The zero-order valence-corrected chi connectivity index (χ0v) is 9.47. The summed E-state index contributed by atoms with van der Waals surface area (Å²) in [5.41, 5.74) is 1.00. The van der Waals surface area contributed by atoms with E-state index in [9.17, 15) is 4.79 Å². The summed E-state index contributed by atoms with van der Waals surface area (Å²) in [5.74, 6) is -0.191. The van der Waals surface area contributed by atoms with Gasteiger partial charge in [0.2, 0.25) is 0 Å². The molecule has 1 aromatic rings. The third kappa shape index (κ3) is 4.31. The summed E-state index contributed by atoms with van der Waals surface area (Å²) in [5, 5.41) is 8.60. The molecule has 16 heavy (non-hydrogen) atoms. The Morgan fingerprint density at radius 2 is 2.25 bits per heavy atom. The van der Waals surface area contributed by atoms with Crippen molar-refractivity contribution in [2.45, 2.75) is 26.1 Å². The van der Waals surface area contributed by atoms with E-state index in [1.165, 1.54) is 0 Å². The van der Waals surface area contributed by atoms with Gasteiger partial charge in [0.15, 0.2) is 0 Å². The molecule has 4 heteroatoms. The third-order valence-corrected chi connectivity index (χ3v) is 2.01. The molecule has 0 spiro atoms. The van der Waals surface area contributed by atoms with Crippen molar-refractivity contribution in [1.29, 1.82) is 0 Å². The van der Waals surface area contributed by atoms with E-state index in [0.29, 0.717) is 12.4 Å². The Morgan fingerprint density at radius 3 is 2.88 bits per heavy atom. The van der Waals surface area contributed by atoms with Crippen LogP contribution in [0.15, 0.2) is 24.3 Å². The van der Waals surface area contributed by atoms with Crippen molar-refractivity contribution in [3.8, 4) is 5.75 Å². The first kappa shape index (κ1) is 12.5. The molecule has 0 saturated heterocycles. The smallest absolute Gasteiger partial charge is 0.307 e. The van der Waals surface area contributed by atoms with Crippen molar-refractivity contribution in [3.05, 3.63) is 29.8 Å². The second kappa shape index (κ2) is 6.12. The topological polar surface area (TPSA) is 55.8 Å². The molecule has 0 aliphatic carbocycles. The van der Waals surface area contributed by atoms with Crippen LogP contribution in [0.2, 0.25) is 0 Å². The predicted molar refractivity (Wildman–Crippen MR) is 59.5 cm³/mol. The minimum Gasteiger partial charge on any atom is -0.490 e. The molecule has 0 saturated carbocycles. The van der Waals surface area contributed by atoms with Gasteiger partial charge in [-0.2, -0.15) is 0 Å². The van der Waals surface area contributed by atoms with Gasteiger partial charge in [0.25, 0.3) is 0 Å². The van der Waals surface area contributed by atoms with Gasteiger partial charge in [-0.25, -0.2) is 0 Å². The van der Waals surface area contributed by atoms with Crippen LogP contribution in [0.3, 0.4) is 0 Å². The van der Waals surface area contributed by atoms with Gasteiger partial charge in [-0.05, 0) is 24.6 Å². The van der Waals surface area contributed by atoms with Gasteiger partial charge in [0.1, 0.15) is 11.9 Å². The van der Waals surface area contributed by atoms with Crippen LogP contribution in [0, 0.1) is 0 Å². The fourth-order valence-corrected chi connectivity index (χ4v) is 1.40. The molecule has 1 aromatic carbocycles. The fraction of sp³-hybridized carbons (Fsp3) is 0.417. The molecule has 0 aliphatic heterocycles. The Kier molecular flexibility index (Phi) is 4.79. The molecular formula is C12H16O4. The van der Waals surface area contributed by atoms with Crippen LogP contribution < -0.4 is 4.74 Å². The van der Waals surface area contributed by atoms with E-state index in [-0.39, 0.29) is 12.5 Å². The molecule has 1 atom stereocenters. The first-order valence-electron chi connectivity index (χ1n) is 5.08. The summed E-state index contributed by atoms with van der Waals surface area (Å²) in [6.07, 6.45) is -0.343. The minimum absolute atomic E-state index is 0.00545. The number of ether oxygens (including phenoxy) is 2. The quantitative estimate of drug-likeness (QED) is 0.803. The number of benzene rings is 1. The highest BCUT2D eigenvalue weighted by atomic mass is 16.5. The van der Waals surface area contributed by atoms with Crippen LogP contribution in [0.1, 0.15) is 18.9 Å². The SMILES string of the molecule is COCc1cccc(O[C@H](C)CC(=O)O)c1. The lowest BCUT2D eigenvalue weighted by Crippen LogP contribution is -2.16. The highest BCUT2D eigenvalue weighted by Crippen LogP contribution is 2.16. The summed E-state index contributed by atoms with van der Waals surface area (Å²) in [7, 11) is 1.63. The van der Waals surface area contributed by atoms with Gasteiger partial charge in [0, 0.05) is 7.11 Å². The summed E-state index contributed by atoms with van der Waals surface area (Å²) in [4.78, 5) is 10.5. The average molecular weight is 224 g/mol. The lowest BCUT2D eigenvalue weighted by molar-refractivity contribution is -0.138. The number of carbonyl (C=O) groups is 1. The number of aliphatic carboxylic acids is 1. The first-order chi connectivity index (χ1) is 7.61. The van der Waals surface area contributed by atoms with E-state index < -0.39 is 5.97 Å². The third-order valence-electron chi connectivity index (χ3n) is 2.01. The lowest BCUT2D eigenvalue weighted by Gasteiger charge is -2.13. The van der Waals surface area contributed by atoms with Crippen LogP contribution in [0.5, 0.6) is 5.75 Å². The fourth-order valence-electron chi connectivity index (χ4n) is 1.40. The normalized spacial score (nSPS) is 12.1. The van der Waals surface area contributed by atoms with E-state index in [1.807, 2.05) is 18.2 Å². The number of carboxylic acids is 1. The predicted octanol–water partition coefficient (Wildman–Crippen LogP) is 2.08. The van der Waals surface area contributed by atoms with E-state index >= 15 is 0 Å². The highest BCUT2D eigenvalue weighted by molar-refractivity contribution is 5.67. The molecule has 88 valence electrons. The number of hydrogen-bond donors (Lipinski definition) is 1. The summed E-state index contributed by atoms with van der Waals surface area (Å²) in [6.45, 7) is 2.25. The summed E-state index contributed by atoms with van der Waals surface area (Å²) < 4.78 is 10.5.